The topological polar surface area (TPSA) is 9.23 Å². The number of benzene rings is 2. The van der Waals surface area contributed by atoms with Crippen molar-refractivity contribution >= 4 is 11.8 Å². The molecular weight excluding hydrogens is 264 g/mol. The molecule has 0 aromatic heterocycles. The van der Waals surface area contributed by atoms with Gasteiger partial charge in [0.1, 0.15) is 12.4 Å². The predicted molar refractivity (Wildman–Crippen MR) is 87.7 cm³/mol. The standard InChI is InChI=1S/C18H22OS/c1-18(2,3)15-10-11-17(20-4)16(12-15)19-13-14-8-6-5-7-9-14/h5-12H,13H2,1-4H3. The summed E-state index contributed by atoms with van der Waals surface area (Å²) in [6.07, 6.45) is 2.08. The van der Waals surface area contributed by atoms with Crippen LogP contribution in [0.4, 0.5) is 0 Å². The van der Waals surface area contributed by atoms with E-state index in [1.807, 2.05) is 18.2 Å². The van der Waals surface area contributed by atoms with Crippen molar-refractivity contribution in [1.82, 2.24) is 0 Å². The van der Waals surface area contributed by atoms with Crippen molar-refractivity contribution in [1.29, 1.82) is 0 Å². The summed E-state index contributed by atoms with van der Waals surface area (Å²) in [5.74, 6) is 0.980. The van der Waals surface area contributed by atoms with Crippen LogP contribution in [0.3, 0.4) is 0 Å². The average molecular weight is 286 g/mol. The van der Waals surface area contributed by atoms with Gasteiger partial charge in [-0.1, -0.05) is 57.2 Å². The van der Waals surface area contributed by atoms with Crippen molar-refractivity contribution in [3.8, 4) is 5.75 Å². The quantitative estimate of drug-likeness (QED) is 0.707. The van der Waals surface area contributed by atoms with E-state index >= 15 is 0 Å². The maximum Gasteiger partial charge on any atom is 0.133 e. The fourth-order valence-corrected chi connectivity index (χ4v) is 2.51. The third-order valence-electron chi connectivity index (χ3n) is 3.27. The van der Waals surface area contributed by atoms with Crippen LogP contribution < -0.4 is 4.74 Å². The third kappa shape index (κ3) is 3.80. The summed E-state index contributed by atoms with van der Waals surface area (Å²) < 4.78 is 6.03. The van der Waals surface area contributed by atoms with Crippen molar-refractivity contribution in [2.75, 3.05) is 6.26 Å². The van der Waals surface area contributed by atoms with Gasteiger partial charge in [-0.05, 0) is 34.9 Å². The van der Waals surface area contributed by atoms with Crippen LogP contribution in [-0.2, 0) is 12.0 Å². The van der Waals surface area contributed by atoms with Crippen LogP contribution in [0.25, 0.3) is 0 Å². The summed E-state index contributed by atoms with van der Waals surface area (Å²) in [7, 11) is 0. The Hall–Kier alpha value is -1.41. The molecule has 0 spiro atoms. The lowest BCUT2D eigenvalue weighted by Gasteiger charge is -2.21. The summed E-state index contributed by atoms with van der Waals surface area (Å²) in [6.45, 7) is 7.29. The molecule has 2 heteroatoms. The Labute approximate surface area is 126 Å². The maximum atomic E-state index is 6.03. The van der Waals surface area contributed by atoms with E-state index in [9.17, 15) is 0 Å². The van der Waals surface area contributed by atoms with Crippen LogP contribution in [0, 0.1) is 0 Å². The van der Waals surface area contributed by atoms with E-state index < -0.39 is 0 Å². The monoisotopic (exact) mass is 286 g/mol. The summed E-state index contributed by atoms with van der Waals surface area (Å²) in [4.78, 5) is 1.19. The fraction of sp³-hybridized carbons (Fsp3) is 0.333. The molecule has 2 aromatic carbocycles. The van der Waals surface area contributed by atoms with Crippen LogP contribution in [0.5, 0.6) is 5.75 Å². The number of thioether (sulfide) groups is 1. The van der Waals surface area contributed by atoms with Crippen molar-refractivity contribution < 1.29 is 4.74 Å². The number of hydrogen-bond donors (Lipinski definition) is 0. The Morgan fingerprint density at radius 1 is 1.00 bits per heavy atom. The van der Waals surface area contributed by atoms with Crippen LogP contribution in [-0.4, -0.2) is 6.26 Å². The molecule has 0 N–H and O–H groups in total. The zero-order chi connectivity index (χ0) is 14.6. The van der Waals surface area contributed by atoms with Crippen molar-refractivity contribution in [3.63, 3.8) is 0 Å². The number of rotatable bonds is 4. The molecule has 0 aliphatic heterocycles. The molecule has 0 fully saturated rings. The zero-order valence-corrected chi connectivity index (χ0v) is 13.5. The van der Waals surface area contributed by atoms with E-state index in [-0.39, 0.29) is 5.41 Å². The normalized spacial score (nSPS) is 11.4. The zero-order valence-electron chi connectivity index (χ0n) is 12.6. The van der Waals surface area contributed by atoms with Gasteiger partial charge in [0.25, 0.3) is 0 Å². The van der Waals surface area contributed by atoms with Crippen molar-refractivity contribution in [2.24, 2.45) is 0 Å². The molecule has 0 atom stereocenters. The minimum Gasteiger partial charge on any atom is -0.488 e. The Morgan fingerprint density at radius 3 is 2.30 bits per heavy atom. The molecule has 1 nitrogen and oxygen atoms in total. The Balaban J connectivity index is 2.21. The van der Waals surface area contributed by atoms with Gasteiger partial charge in [0.2, 0.25) is 0 Å². The van der Waals surface area contributed by atoms with Gasteiger partial charge < -0.3 is 4.74 Å². The highest BCUT2D eigenvalue weighted by Gasteiger charge is 2.16. The lowest BCUT2D eigenvalue weighted by Crippen LogP contribution is -2.11. The molecule has 0 saturated heterocycles. The molecule has 0 radical (unpaired) electrons. The minimum atomic E-state index is 0.141. The van der Waals surface area contributed by atoms with E-state index in [1.165, 1.54) is 16.0 Å². The Bertz CT molecular complexity index is 555. The molecule has 20 heavy (non-hydrogen) atoms. The lowest BCUT2D eigenvalue weighted by atomic mass is 9.87. The summed E-state index contributed by atoms with van der Waals surface area (Å²) in [5.41, 5.74) is 2.64. The summed E-state index contributed by atoms with van der Waals surface area (Å²) >= 11 is 1.72. The van der Waals surface area contributed by atoms with Gasteiger partial charge in [-0.2, -0.15) is 0 Å². The molecule has 0 heterocycles. The van der Waals surface area contributed by atoms with Crippen LogP contribution in [0.1, 0.15) is 31.9 Å². The first kappa shape index (κ1) is 15.0. The van der Waals surface area contributed by atoms with Gasteiger partial charge in [-0.25, -0.2) is 0 Å². The Morgan fingerprint density at radius 2 is 1.70 bits per heavy atom. The largest absolute Gasteiger partial charge is 0.488 e. The van der Waals surface area contributed by atoms with E-state index in [0.29, 0.717) is 6.61 Å². The first-order valence-corrected chi connectivity index (χ1v) is 8.08. The van der Waals surface area contributed by atoms with Gasteiger partial charge in [-0.3, -0.25) is 0 Å². The molecule has 0 amide bonds. The van der Waals surface area contributed by atoms with Crippen molar-refractivity contribution in [3.05, 3.63) is 59.7 Å². The van der Waals surface area contributed by atoms with Crippen LogP contribution in [0.15, 0.2) is 53.4 Å². The molecule has 0 unspecified atom stereocenters. The predicted octanol–water partition coefficient (Wildman–Crippen LogP) is 5.29. The van der Waals surface area contributed by atoms with Crippen LogP contribution >= 0.6 is 11.8 Å². The summed E-state index contributed by atoms with van der Waals surface area (Å²) in [6, 6.07) is 16.8. The van der Waals surface area contributed by atoms with Gasteiger partial charge in [0.05, 0.1) is 0 Å². The van der Waals surface area contributed by atoms with E-state index in [4.69, 9.17) is 4.74 Å². The molecule has 0 saturated carbocycles. The van der Waals surface area contributed by atoms with Gasteiger partial charge in [-0.15, -0.1) is 11.8 Å². The molecule has 2 rings (SSSR count). The van der Waals surface area contributed by atoms with Gasteiger partial charge >= 0.3 is 0 Å². The third-order valence-corrected chi connectivity index (χ3v) is 4.04. The van der Waals surface area contributed by atoms with E-state index in [1.54, 1.807) is 11.8 Å². The molecular formula is C18H22OS. The second kappa shape index (κ2) is 6.36. The SMILES string of the molecule is CSc1ccc(C(C)(C)C)cc1OCc1ccccc1. The summed E-state index contributed by atoms with van der Waals surface area (Å²) in [5, 5.41) is 0. The second-order valence-electron chi connectivity index (χ2n) is 5.89. The molecule has 0 bridgehead atoms. The highest BCUT2D eigenvalue weighted by Crippen LogP contribution is 2.33. The molecule has 0 aliphatic rings. The number of ether oxygens (including phenoxy) is 1. The molecule has 106 valence electrons. The number of hydrogen-bond acceptors (Lipinski definition) is 2. The first-order chi connectivity index (χ1) is 9.50. The maximum absolute atomic E-state index is 6.03. The smallest absolute Gasteiger partial charge is 0.133 e. The van der Waals surface area contributed by atoms with Gasteiger partial charge in [0.15, 0.2) is 0 Å². The average Bonchev–Trinajstić information content (AvgIpc) is 2.45. The van der Waals surface area contributed by atoms with Crippen LogP contribution in [0.2, 0.25) is 0 Å². The second-order valence-corrected chi connectivity index (χ2v) is 6.74. The highest BCUT2D eigenvalue weighted by atomic mass is 32.2. The Kier molecular flexibility index (Phi) is 4.77. The fourth-order valence-electron chi connectivity index (χ4n) is 1.99. The first-order valence-electron chi connectivity index (χ1n) is 6.86. The highest BCUT2D eigenvalue weighted by molar-refractivity contribution is 7.98. The van der Waals surface area contributed by atoms with Crippen molar-refractivity contribution in [2.45, 2.75) is 37.7 Å². The van der Waals surface area contributed by atoms with E-state index in [2.05, 4.69) is 57.4 Å². The van der Waals surface area contributed by atoms with Gasteiger partial charge in [0, 0.05) is 4.90 Å². The molecule has 0 aliphatic carbocycles. The van der Waals surface area contributed by atoms with E-state index in [0.717, 1.165) is 5.75 Å². The molecule has 2 aromatic rings. The lowest BCUT2D eigenvalue weighted by molar-refractivity contribution is 0.298. The minimum absolute atomic E-state index is 0.141.